The molecule has 1 heterocycles. The Hall–Kier alpha value is -0.650. The third kappa shape index (κ3) is 4.79. The van der Waals surface area contributed by atoms with E-state index in [0.29, 0.717) is 17.9 Å². The zero-order chi connectivity index (χ0) is 18.6. The van der Waals surface area contributed by atoms with Gasteiger partial charge in [0, 0.05) is 50.7 Å². The molecule has 1 unspecified atom stereocenters. The van der Waals surface area contributed by atoms with Crippen LogP contribution in [0.2, 0.25) is 0 Å². The maximum atomic E-state index is 12.9. The normalized spacial score (nSPS) is 33.9. The number of amides is 1. The summed E-state index contributed by atoms with van der Waals surface area (Å²) in [5, 5.41) is 13.1. The third-order valence-corrected chi connectivity index (χ3v) is 7.23. The summed E-state index contributed by atoms with van der Waals surface area (Å²) in [5.41, 5.74) is 0.182. The first-order chi connectivity index (χ1) is 12.6. The molecule has 26 heavy (non-hydrogen) atoms. The number of hydrogen-bond acceptors (Lipinski definition) is 4. The van der Waals surface area contributed by atoms with Gasteiger partial charge in [0.25, 0.3) is 0 Å². The molecule has 0 aromatic rings. The summed E-state index contributed by atoms with van der Waals surface area (Å²) in [4.78, 5) is 15.0. The lowest BCUT2D eigenvalue weighted by atomic mass is 9.77. The van der Waals surface area contributed by atoms with Gasteiger partial charge in [0.05, 0.1) is 6.61 Å². The van der Waals surface area contributed by atoms with Crippen molar-refractivity contribution < 1.29 is 14.6 Å². The van der Waals surface area contributed by atoms with Crippen molar-refractivity contribution in [3.05, 3.63) is 0 Å². The second kappa shape index (κ2) is 9.03. The molecule has 0 radical (unpaired) electrons. The predicted molar refractivity (Wildman–Crippen MR) is 103 cm³/mol. The Labute approximate surface area is 158 Å². The minimum atomic E-state index is 0.182. The Morgan fingerprint density at radius 3 is 2.46 bits per heavy atom. The van der Waals surface area contributed by atoms with Gasteiger partial charge in [0.1, 0.15) is 0 Å². The van der Waals surface area contributed by atoms with Crippen LogP contribution in [0.3, 0.4) is 0 Å². The number of hydrogen-bond donors (Lipinski definition) is 2. The highest BCUT2D eigenvalue weighted by Crippen LogP contribution is 2.37. The molecule has 0 aromatic carbocycles. The van der Waals surface area contributed by atoms with Gasteiger partial charge in [-0.25, -0.2) is 0 Å². The van der Waals surface area contributed by atoms with Crippen LogP contribution in [0.5, 0.6) is 0 Å². The highest BCUT2D eigenvalue weighted by atomic mass is 16.5. The second-order valence-electron chi connectivity index (χ2n) is 9.05. The highest BCUT2D eigenvalue weighted by Gasteiger charge is 2.41. The molecule has 150 valence electrons. The van der Waals surface area contributed by atoms with Crippen molar-refractivity contribution in [3.63, 3.8) is 0 Å². The van der Waals surface area contributed by atoms with Crippen LogP contribution in [-0.2, 0) is 9.53 Å². The number of aliphatic hydroxyl groups excluding tert-OH is 1. The van der Waals surface area contributed by atoms with E-state index in [2.05, 4.69) is 17.1 Å². The highest BCUT2D eigenvalue weighted by molar-refractivity contribution is 5.79. The molecule has 2 N–H and O–H groups in total. The fourth-order valence-corrected chi connectivity index (χ4v) is 5.03. The van der Waals surface area contributed by atoms with Gasteiger partial charge in [-0.15, -0.1) is 0 Å². The Kier molecular flexibility index (Phi) is 6.98. The van der Waals surface area contributed by atoms with E-state index in [9.17, 15) is 9.90 Å². The number of piperidine rings is 1. The number of likely N-dealkylation sites (tertiary alicyclic amines) is 1. The van der Waals surface area contributed by atoms with Crippen LogP contribution in [0.15, 0.2) is 0 Å². The van der Waals surface area contributed by atoms with E-state index in [-0.39, 0.29) is 17.9 Å². The SMILES string of the molecule is CCC1C[C@H]1NCC1(COC)CCN(C(=O)[C@H]2CC[C@@H](CO)CC2)CC1. The Bertz CT molecular complexity index is 454. The molecule has 3 aliphatic rings. The van der Waals surface area contributed by atoms with Crippen molar-refractivity contribution in [3.8, 4) is 0 Å². The molecule has 2 atom stereocenters. The number of rotatable bonds is 8. The topological polar surface area (TPSA) is 61.8 Å². The predicted octanol–water partition coefficient (Wildman–Crippen LogP) is 2.43. The lowest BCUT2D eigenvalue weighted by molar-refractivity contribution is -0.140. The molecular formula is C21H38N2O3. The molecule has 5 nitrogen and oxygen atoms in total. The molecule has 3 fully saturated rings. The lowest BCUT2D eigenvalue weighted by Crippen LogP contribution is -2.50. The first-order valence-electron chi connectivity index (χ1n) is 10.7. The Morgan fingerprint density at radius 2 is 1.92 bits per heavy atom. The quantitative estimate of drug-likeness (QED) is 0.693. The van der Waals surface area contributed by atoms with Crippen LogP contribution in [0.4, 0.5) is 0 Å². The maximum absolute atomic E-state index is 12.9. The van der Waals surface area contributed by atoms with E-state index in [4.69, 9.17) is 4.74 Å². The van der Waals surface area contributed by atoms with Crippen molar-refractivity contribution in [2.45, 2.75) is 64.3 Å². The summed E-state index contributed by atoms with van der Waals surface area (Å²) >= 11 is 0. The molecule has 1 amide bonds. The monoisotopic (exact) mass is 366 g/mol. The number of carbonyl (C=O) groups excluding carboxylic acids is 1. The van der Waals surface area contributed by atoms with E-state index in [1.807, 2.05) is 0 Å². The number of methoxy groups -OCH3 is 1. The van der Waals surface area contributed by atoms with Crippen molar-refractivity contribution in [1.82, 2.24) is 10.2 Å². The fourth-order valence-electron chi connectivity index (χ4n) is 5.03. The van der Waals surface area contributed by atoms with E-state index < -0.39 is 0 Å². The van der Waals surface area contributed by atoms with Gasteiger partial charge >= 0.3 is 0 Å². The maximum Gasteiger partial charge on any atom is 0.225 e. The van der Waals surface area contributed by atoms with Gasteiger partial charge in [-0.1, -0.05) is 13.3 Å². The number of aliphatic hydroxyl groups is 1. The van der Waals surface area contributed by atoms with E-state index >= 15 is 0 Å². The zero-order valence-corrected chi connectivity index (χ0v) is 16.7. The van der Waals surface area contributed by atoms with Crippen molar-refractivity contribution >= 4 is 5.91 Å². The molecule has 1 aliphatic heterocycles. The summed E-state index contributed by atoms with van der Waals surface area (Å²) < 4.78 is 5.56. The van der Waals surface area contributed by atoms with Gasteiger partial charge in [0.2, 0.25) is 5.91 Å². The summed E-state index contributed by atoms with van der Waals surface area (Å²) in [6, 6.07) is 0.704. The molecule has 2 saturated carbocycles. The average molecular weight is 367 g/mol. The van der Waals surface area contributed by atoms with Crippen LogP contribution in [0.25, 0.3) is 0 Å². The number of nitrogens with one attached hydrogen (secondary N) is 1. The number of ether oxygens (including phenoxy) is 1. The first kappa shape index (κ1) is 20.1. The molecule has 0 aromatic heterocycles. The van der Waals surface area contributed by atoms with Gasteiger partial charge in [-0.3, -0.25) is 4.79 Å². The number of nitrogens with zero attached hydrogens (tertiary/aromatic N) is 1. The van der Waals surface area contributed by atoms with Crippen LogP contribution in [0.1, 0.15) is 58.3 Å². The standard InChI is InChI=1S/C21H38N2O3/c1-3-17-12-19(17)22-14-21(15-26-2)8-10-23(11-9-21)20(25)18-6-4-16(13-24)5-7-18/h16-19,22,24H,3-15H2,1-2H3/t16-,17?,18+,19-/m1/s1. The molecule has 0 spiro atoms. The van der Waals surface area contributed by atoms with E-state index in [0.717, 1.165) is 70.7 Å². The molecule has 5 heteroatoms. The zero-order valence-electron chi connectivity index (χ0n) is 16.7. The Balaban J connectivity index is 1.47. The van der Waals surface area contributed by atoms with Crippen molar-refractivity contribution in [2.75, 3.05) is 40.0 Å². The molecule has 2 aliphatic carbocycles. The fraction of sp³-hybridized carbons (Fsp3) is 0.952. The summed E-state index contributed by atoms with van der Waals surface area (Å²) in [5.74, 6) is 1.82. The first-order valence-corrected chi connectivity index (χ1v) is 10.7. The Morgan fingerprint density at radius 1 is 1.23 bits per heavy atom. The minimum Gasteiger partial charge on any atom is -0.396 e. The van der Waals surface area contributed by atoms with Gasteiger partial charge in [-0.2, -0.15) is 0 Å². The largest absolute Gasteiger partial charge is 0.396 e. The molecular weight excluding hydrogens is 328 g/mol. The van der Waals surface area contributed by atoms with Crippen LogP contribution < -0.4 is 5.32 Å². The van der Waals surface area contributed by atoms with Crippen LogP contribution in [-0.4, -0.2) is 61.9 Å². The third-order valence-electron chi connectivity index (χ3n) is 7.23. The second-order valence-corrected chi connectivity index (χ2v) is 9.05. The smallest absolute Gasteiger partial charge is 0.225 e. The summed E-state index contributed by atoms with van der Waals surface area (Å²) in [7, 11) is 1.80. The number of carbonyl (C=O) groups is 1. The van der Waals surface area contributed by atoms with Crippen LogP contribution in [0, 0.1) is 23.2 Å². The minimum absolute atomic E-state index is 0.182. The van der Waals surface area contributed by atoms with E-state index in [1.54, 1.807) is 7.11 Å². The van der Waals surface area contributed by atoms with E-state index in [1.165, 1.54) is 12.8 Å². The van der Waals surface area contributed by atoms with Gasteiger partial charge in [-0.05, 0) is 56.8 Å². The van der Waals surface area contributed by atoms with Gasteiger partial charge < -0.3 is 20.1 Å². The molecule has 1 saturated heterocycles. The molecule has 3 rings (SSSR count). The van der Waals surface area contributed by atoms with Crippen LogP contribution >= 0.6 is 0 Å². The van der Waals surface area contributed by atoms with Gasteiger partial charge in [0.15, 0.2) is 0 Å². The molecule has 0 bridgehead atoms. The summed E-state index contributed by atoms with van der Waals surface area (Å²) in [6.45, 7) is 6.09. The van der Waals surface area contributed by atoms with Crippen molar-refractivity contribution in [1.29, 1.82) is 0 Å². The van der Waals surface area contributed by atoms with Crippen molar-refractivity contribution in [2.24, 2.45) is 23.2 Å². The lowest BCUT2D eigenvalue weighted by Gasteiger charge is -2.43. The average Bonchev–Trinajstić information content (AvgIpc) is 3.46. The summed E-state index contributed by atoms with van der Waals surface area (Å²) in [6.07, 6.45) is 8.56.